The van der Waals surface area contributed by atoms with Gasteiger partial charge in [0.2, 0.25) is 0 Å². The molecule has 0 bridgehead atoms. The molecule has 0 atom stereocenters. The number of ether oxygens (including phenoxy) is 2. The highest BCUT2D eigenvalue weighted by Crippen LogP contribution is 2.24. The van der Waals surface area contributed by atoms with Crippen LogP contribution in [0.25, 0.3) is 0 Å². The molecule has 3 aromatic carbocycles. The summed E-state index contributed by atoms with van der Waals surface area (Å²) in [6.07, 6.45) is 2.01. The number of hydrogen-bond donors (Lipinski definition) is 1. The maximum absolute atomic E-state index is 12.6. The van der Waals surface area contributed by atoms with E-state index in [-0.39, 0.29) is 4.90 Å². The van der Waals surface area contributed by atoms with Crippen molar-refractivity contribution in [1.82, 2.24) is 0 Å². The average Bonchev–Trinajstić information content (AvgIpc) is 2.71. The number of nitrogens with one attached hydrogen (secondary N) is 1. The van der Waals surface area contributed by atoms with Crippen LogP contribution < -0.4 is 14.2 Å². The van der Waals surface area contributed by atoms with Gasteiger partial charge in [-0.25, -0.2) is 8.42 Å². The summed E-state index contributed by atoms with van der Waals surface area (Å²) in [6, 6.07) is 22.6. The summed E-state index contributed by atoms with van der Waals surface area (Å²) < 4.78 is 39.0. The molecule has 3 rings (SSSR count). The van der Waals surface area contributed by atoms with Crippen LogP contribution in [0.5, 0.6) is 17.2 Å². The van der Waals surface area contributed by atoms with Crippen LogP contribution >= 0.6 is 0 Å². The normalized spacial score (nSPS) is 11.0. The molecule has 6 heteroatoms. The SMILES string of the molecule is CCCCOc1ccc(S(=O)(=O)Nc2ccc(Oc3ccccc3)cc2)cc1. The summed E-state index contributed by atoms with van der Waals surface area (Å²) in [5, 5.41) is 0. The highest BCUT2D eigenvalue weighted by molar-refractivity contribution is 7.92. The molecule has 0 fully saturated rings. The van der Waals surface area contributed by atoms with Gasteiger partial charge in [0.15, 0.2) is 0 Å². The van der Waals surface area contributed by atoms with Crippen molar-refractivity contribution in [2.75, 3.05) is 11.3 Å². The molecule has 28 heavy (non-hydrogen) atoms. The second-order valence-electron chi connectivity index (χ2n) is 6.22. The number of unbranched alkanes of at least 4 members (excludes halogenated alkanes) is 1. The molecule has 0 radical (unpaired) electrons. The molecule has 0 unspecified atom stereocenters. The van der Waals surface area contributed by atoms with E-state index < -0.39 is 10.0 Å². The van der Waals surface area contributed by atoms with E-state index in [0.29, 0.717) is 23.8 Å². The van der Waals surface area contributed by atoms with E-state index in [9.17, 15) is 8.42 Å². The Morgan fingerprint density at radius 3 is 2.04 bits per heavy atom. The minimum absolute atomic E-state index is 0.181. The summed E-state index contributed by atoms with van der Waals surface area (Å²) in [7, 11) is -3.67. The van der Waals surface area contributed by atoms with Gasteiger partial charge in [-0.2, -0.15) is 0 Å². The lowest BCUT2D eigenvalue weighted by molar-refractivity contribution is 0.309. The number of benzene rings is 3. The Morgan fingerprint density at radius 2 is 1.39 bits per heavy atom. The van der Waals surface area contributed by atoms with Crippen LogP contribution in [0.15, 0.2) is 83.8 Å². The first kappa shape index (κ1) is 19.8. The molecule has 0 heterocycles. The number of para-hydroxylation sites is 1. The summed E-state index contributed by atoms with van der Waals surface area (Å²) in [5.41, 5.74) is 0.462. The number of sulfonamides is 1. The smallest absolute Gasteiger partial charge is 0.261 e. The first-order valence-electron chi connectivity index (χ1n) is 9.15. The Morgan fingerprint density at radius 1 is 0.786 bits per heavy atom. The van der Waals surface area contributed by atoms with Crippen molar-refractivity contribution >= 4 is 15.7 Å². The maximum atomic E-state index is 12.6. The van der Waals surface area contributed by atoms with E-state index in [4.69, 9.17) is 9.47 Å². The topological polar surface area (TPSA) is 64.6 Å². The van der Waals surface area contributed by atoms with Crippen molar-refractivity contribution < 1.29 is 17.9 Å². The second kappa shape index (κ2) is 9.28. The lowest BCUT2D eigenvalue weighted by atomic mass is 10.3. The molecule has 0 aliphatic carbocycles. The molecule has 0 amide bonds. The minimum Gasteiger partial charge on any atom is -0.494 e. The molecule has 0 saturated carbocycles. The molecule has 146 valence electrons. The lowest BCUT2D eigenvalue weighted by Crippen LogP contribution is -2.12. The summed E-state index contributed by atoms with van der Waals surface area (Å²) >= 11 is 0. The largest absolute Gasteiger partial charge is 0.494 e. The van der Waals surface area contributed by atoms with Crippen molar-refractivity contribution in [3.05, 3.63) is 78.9 Å². The summed E-state index contributed by atoms with van der Waals surface area (Å²) in [5.74, 6) is 2.01. The van der Waals surface area contributed by atoms with E-state index in [1.165, 1.54) is 12.1 Å². The van der Waals surface area contributed by atoms with E-state index >= 15 is 0 Å². The highest BCUT2D eigenvalue weighted by atomic mass is 32.2. The molecule has 0 aliphatic rings. The zero-order chi connectivity index (χ0) is 19.8. The fraction of sp³-hybridized carbons (Fsp3) is 0.182. The molecule has 0 aromatic heterocycles. The fourth-order valence-corrected chi connectivity index (χ4v) is 3.54. The van der Waals surface area contributed by atoms with Crippen molar-refractivity contribution in [3.8, 4) is 17.2 Å². The van der Waals surface area contributed by atoms with Crippen LogP contribution in [0, 0.1) is 0 Å². The van der Waals surface area contributed by atoms with Gasteiger partial charge in [-0.1, -0.05) is 31.5 Å². The number of rotatable bonds is 9. The van der Waals surface area contributed by atoms with Gasteiger partial charge in [0.1, 0.15) is 17.2 Å². The third-order valence-electron chi connectivity index (χ3n) is 3.99. The Bertz CT molecular complexity index is 969. The monoisotopic (exact) mass is 397 g/mol. The quantitative estimate of drug-likeness (QED) is 0.487. The predicted molar refractivity (Wildman–Crippen MR) is 111 cm³/mol. The Labute approximate surface area is 166 Å². The second-order valence-corrected chi connectivity index (χ2v) is 7.90. The van der Waals surface area contributed by atoms with E-state index in [2.05, 4.69) is 11.6 Å². The standard InChI is InChI=1S/C22H23NO4S/c1-2-3-17-26-19-13-15-22(16-14-19)28(24,25)23-18-9-11-21(12-10-18)27-20-7-5-4-6-8-20/h4-16,23H,2-3,17H2,1H3. The van der Waals surface area contributed by atoms with Crippen molar-refractivity contribution in [1.29, 1.82) is 0 Å². The van der Waals surface area contributed by atoms with Crippen LogP contribution in [0.2, 0.25) is 0 Å². The third kappa shape index (κ3) is 5.50. The molecule has 3 aromatic rings. The van der Waals surface area contributed by atoms with Gasteiger partial charge in [-0.15, -0.1) is 0 Å². The van der Waals surface area contributed by atoms with Crippen molar-refractivity contribution in [3.63, 3.8) is 0 Å². The first-order chi connectivity index (χ1) is 13.6. The molecule has 0 spiro atoms. The van der Waals surface area contributed by atoms with Crippen LogP contribution in [0.4, 0.5) is 5.69 Å². The highest BCUT2D eigenvalue weighted by Gasteiger charge is 2.14. The van der Waals surface area contributed by atoms with Crippen molar-refractivity contribution in [2.45, 2.75) is 24.7 Å². The zero-order valence-corrected chi connectivity index (χ0v) is 16.5. The Kier molecular flexibility index (Phi) is 6.55. The Balaban J connectivity index is 1.63. The van der Waals surface area contributed by atoms with Crippen LogP contribution in [-0.4, -0.2) is 15.0 Å². The van der Waals surface area contributed by atoms with E-state index in [0.717, 1.165) is 18.6 Å². The summed E-state index contributed by atoms with van der Waals surface area (Å²) in [6.45, 7) is 2.71. The van der Waals surface area contributed by atoms with Crippen LogP contribution in [-0.2, 0) is 10.0 Å². The first-order valence-corrected chi connectivity index (χ1v) is 10.6. The number of hydrogen-bond acceptors (Lipinski definition) is 4. The van der Waals surface area contributed by atoms with E-state index in [1.54, 1.807) is 36.4 Å². The molecule has 0 aliphatic heterocycles. The predicted octanol–water partition coefficient (Wildman–Crippen LogP) is 5.46. The third-order valence-corrected chi connectivity index (χ3v) is 5.38. The minimum atomic E-state index is -3.67. The molecule has 5 nitrogen and oxygen atoms in total. The lowest BCUT2D eigenvalue weighted by Gasteiger charge is -2.10. The van der Waals surface area contributed by atoms with Crippen molar-refractivity contribution in [2.24, 2.45) is 0 Å². The van der Waals surface area contributed by atoms with Gasteiger partial charge in [-0.3, -0.25) is 4.72 Å². The molecule has 1 N–H and O–H groups in total. The summed E-state index contributed by atoms with van der Waals surface area (Å²) in [4.78, 5) is 0.181. The zero-order valence-electron chi connectivity index (χ0n) is 15.7. The fourth-order valence-electron chi connectivity index (χ4n) is 2.48. The van der Waals surface area contributed by atoms with Gasteiger partial charge >= 0.3 is 0 Å². The van der Waals surface area contributed by atoms with Gasteiger partial charge in [0.05, 0.1) is 11.5 Å². The number of anilines is 1. The van der Waals surface area contributed by atoms with Gasteiger partial charge < -0.3 is 9.47 Å². The Hall–Kier alpha value is -2.99. The van der Waals surface area contributed by atoms with Gasteiger partial charge in [-0.05, 0) is 67.1 Å². The van der Waals surface area contributed by atoms with E-state index in [1.807, 2.05) is 30.3 Å². The van der Waals surface area contributed by atoms with Crippen LogP contribution in [0.1, 0.15) is 19.8 Å². The molecular formula is C22H23NO4S. The molecule has 0 saturated heterocycles. The van der Waals surface area contributed by atoms with Gasteiger partial charge in [0, 0.05) is 5.69 Å². The van der Waals surface area contributed by atoms with Crippen LogP contribution in [0.3, 0.4) is 0 Å². The average molecular weight is 397 g/mol. The van der Waals surface area contributed by atoms with Gasteiger partial charge in [0.25, 0.3) is 10.0 Å². The maximum Gasteiger partial charge on any atom is 0.261 e. The molecular weight excluding hydrogens is 374 g/mol.